The summed E-state index contributed by atoms with van der Waals surface area (Å²) in [6.45, 7) is 1.26. The Morgan fingerprint density at radius 3 is 2.50 bits per heavy atom. The van der Waals surface area contributed by atoms with Crippen LogP contribution in [0.2, 0.25) is 0 Å². The average Bonchev–Trinajstić information content (AvgIpc) is 2.17. The molecule has 0 aliphatic heterocycles. The first-order valence-corrected chi connectivity index (χ1v) is 6.62. The number of hydrogen-bond acceptors (Lipinski definition) is 3. The molecule has 0 aliphatic carbocycles. The molecule has 0 aliphatic rings. The third-order valence-corrected chi connectivity index (χ3v) is 4.38. The van der Waals surface area contributed by atoms with Gasteiger partial charge in [-0.3, -0.25) is 4.79 Å². The molecule has 0 saturated carbocycles. The van der Waals surface area contributed by atoms with Gasteiger partial charge < -0.3 is 5.11 Å². The van der Waals surface area contributed by atoms with E-state index in [0.717, 1.165) is 0 Å². The van der Waals surface area contributed by atoms with E-state index in [1.165, 1.54) is 13.0 Å². The number of carboxylic acid groups (broad SMARTS) is 1. The highest BCUT2D eigenvalue weighted by molar-refractivity contribution is 9.10. The van der Waals surface area contributed by atoms with Gasteiger partial charge in [-0.05, 0) is 35.0 Å². The van der Waals surface area contributed by atoms with Crippen LogP contribution in [0.15, 0.2) is 33.6 Å². The number of hydrogen-bond donors (Lipinski definition) is 2. The fourth-order valence-corrected chi connectivity index (χ4v) is 3.21. The van der Waals surface area contributed by atoms with Crippen LogP contribution in [0.3, 0.4) is 0 Å². The van der Waals surface area contributed by atoms with Gasteiger partial charge in [0.15, 0.2) is 0 Å². The van der Waals surface area contributed by atoms with Gasteiger partial charge in [0.2, 0.25) is 10.0 Å². The molecule has 88 valence electrons. The molecule has 0 spiro atoms. The number of carbonyl (C=O) groups is 1. The molecule has 0 heterocycles. The molecule has 16 heavy (non-hydrogen) atoms. The Balaban J connectivity index is 3.04. The lowest BCUT2D eigenvalue weighted by Gasteiger charge is -2.11. The SMILES string of the molecule is C[C@H](NS(=O)(=O)c1ccccc1Br)C(=O)O. The molecule has 1 rings (SSSR count). The Labute approximate surface area is 102 Å². The molecule has 2 N–H and O–H groups in total. The quantitative estimate of drug-likeness (QED) is 0.875. The van der Waals surface area contributed by atoms with Gasteiger partial charge in [0, 0.05) is 4.47 Å². The summed E-state index contributed by atoms with van der Waals surface area (Å²) in [6, 6.07) is 5.02. The highest BCUT2D eigenvalue weighted by Crippen LogP contribution is 2.20. The Kier molecular flexibility index (Phi) is 4.06. The van der Waals surface area contributed by atoms with Gasteiger partial charge in [-0.25, -0.2) is 8.42 Å². The van der Waals surface area contributed by atoms with Gasteiger partial charge >= 0.3 is 5.97 Å². The van der Waals surface area contributed by atoms with E-state index >= 15 is 0 Å². The predicted octanol–water partition coefficient (Wildman–Crippen LogP) is 1.20. The Morgan fingerprint density at radius 2 is 2.00 bits per heavy atom. The molecular formula is C9H10BrNO4S. The lowest BCUT2D eigenvalue weighted by atomic mass is 10.4. The van der Waals surface area contributed by atoms with Crippen LogP contribution in [0.1, 0.15) is 6.92 Å². The van der Waals surface area contributed by atoms with E-state index in [0.29, 0.717) is 4.47 Å². The van der Waals surface area contributed by atoms with Crippen molar-refractivity contribution in [3.63, 3.8) is 0 Å². The monoisotopic (exact) mass is 307 g/mol. The first-order valence-electron chi connectivity index (χ1n) is 4.34. The van der Waals surface area contributed by atoms with E-state index in [9.17, 15) is 13.2 Å². The number of sulfonamides is 1. The maximum atomic E-state index is 11.8. The number of aliphatic carboxylic acids is 1. The molecule has 1 atom stereocenters. The molecular weight excluding hydrogens is 298 g/mol. The Bertz CT molecular complexity index is 500. The topological polar surface area (TPSA) is 83.5 Å². The van der Waals surface area contributed by atoms with Crippen molar-refractivity contribution < 1.29 is 18.3 Å². The Morgan fingerprint density at radius 1 is 1.44 bits per heavy atom. The second kappa shape index (κ2) is 4.94. The van der Waals surface area contributed by atoms with Gasteiger partial charge in [0.25, 0.3) is 0 Å². The normalized spacial score (nSPS) is 13.4. The lowest BCUT2D eigenvalue weighted by molar-refractivity contribution is -0.138. The van der Waals surface area contributed by atoms with E-state index in [-0.39, 0.29) is 4.90 Å². The summed E-state index contributed by atoms with van der Waals surface area (Å²) < 4.78 is 26.0. The minimum atomic E-state index is -3.81. The van der Waals surface area contributed by atoms with E-state index in [1.807, 2.05) is 0 Å². The number of rotatable bonds is 4. The smallest absolute Gasteiger partial charge is 0.321 e. The van der Waals surface area contributed by atoms with Gasteiger partial charge in [0.05, 0.1) is 4.90 Å². The van der Waals surface area contributed by atoms with E-state index in [4.69, 9.17) is 5.11 Å². The van der Waals surface area contributed by atoms with Gasteiger partial charge in [-0.1, -0.05) is 12.1 Å². The molecule has 0 saturated heterocycles. The summed E-state index contributed by atoms with van der Waals surface area (Å²) in [5.41, 5.74) is 0. The van der Waals surface area contributed by atoms with Crippen molar-refractivity contribution >= 4 is 31.9 Å². The second-order valence-electron chi connectivity index (χ2n) is 3.11. The van der Waals surface area contributed by atoms with Crippen LogP contribution >= 0.6 is 15.9 Å². The minimum absolute atomic E-state index is 0.0168. The van der Waals surface area contributed by atoms with Crippen LogP contribution in [-0.2, 0) is 14.8 Å². The van der Waals surface area contributed by atoms with Crippen LogP contribution in [0.25, 0.3) is 0 Å². The molecule has 5 nitrogen and oxygen atoms in total. The van der Waals surface area contributed by atoms with Crippen molar-refractivity contribution in [3.05, 3.63) is 28.7 Å². The van der Waals surface area contributed by atoms with Crippen LogP contribution in [0.5, 0.6) is 0 Å². The standard InChI is InChI=1S/C9H10BrNO4S/c1-6(9(12)13)11-16(14,15)8-5-3-2-4-7(8)10/h2-6,11H,1H3,(H,12,13)/t6-/m0/s1. The summed E-state index contributed by atoms with van der Waals surface area (Å²) in [5, 5.41) is 8.62. The van der Waals surface area contributed by atoms with Crippen LogP contribution in [0.4, 0.5) is 0 Å². The minimum Gasteiger partial charge on any atom is -0.480 e. The zero-order valence-electron chi connectivity index (χ0n) is 8.34. The van der Waals surface area contributed by atoms with Crippen molar-refractivity contribution in [2.24, 2.45) is 0 Å². The van der Waals surface area contributed by atoms with E-state index in [1.54, 1.807) is 18.2 Å². The highest BCUT2D eigenvalue weighted by Gasteiger charge is 2.22. The summed E-state index contributed by atoms with van der Waals surface area (Å²) in [7, 11) is -3.81. The zero-order chi connectivity index (χ0) is 12.3. The second-order valence-corrected chi connectivity index (χ2v) is 5.65. The molecule has 7 heteroatoms. The molecule has 0 radical (unpaired) electrons. The van der Waals surface area contributed by atoms with Crippen molar-refractivity contribution in [2.75, 3.05) is 0 Å². The van der Waals surface area contributed by atoms with Gasteiger partial charge in [0.1, 0.15) is 6.04 Å². The molecule has 0 bridgehead atoms. The molecule has 0 fully saturated rings. The number of benzene rings is 1. The first kappa shape index (κ1) is 13.1. The van der Waals surface area contributed by atoms with Crippen molar-refractivity contribution in [1.82, 2.24) is 4.72 Å². The van der Waals surface area contributed by atoms with Crippen LogP contribution in [0, 0.1) is 0 Å². The summed E-state index contributed by atoms with van der Waals surface area (Å²) in [6.07, 6.45) is 0. The maximum absolute atomic E-state index is 11.8. The number of nitrogens with one attached hydrogen (secondary N) is 1. The summed E-state index contributed by atoms with van der Waals surface area (Å²) in [5.74, 6) is -1.23. The van der Waals surface area contributed by atoms with Crippen molar-refractivity contribution in [1.29, 1.82) is 0 Å². The highest BCUT2D eigenvalue weighted by atomic mass is 79.9. The zero-order valence-corrected chi connectivity index (χ0v) is 10.7. The lowest BCUT2D eigenvalue weighted by Crippen LogP contribution is -2.38. The summed E-state index contributed by atoms with van der Waals surface area (Å²) >= 11 is 3.09. The number of carboxylic acids is 1. The molecule has 1 aromatic carbocycles. The molecule has 0 amide bonds. The molecule has 1 aromatic rings. The van der Waals surface area contributed by atoms with E-state index in [2.05, 4.69) is 20.7 Å². The van der Waals surface area contributed by atoms with Crippen molar-refractivity contribution in [2.45, 2.75) is 17.9 Å². The number of halogens is 1. The van der Waals surface area contributed by atoms with Gasteiger partial charge in [-0.15, -0.1) is 0 Å². The first-order chi connectivity index (χ1) is 7.34. The predicted molar refractivity (Wildman–Crippen MR) is 61.6 cm³/mol. The largest absolute Gasteiger partial charge is 0.480 e. The maximum Gasteiger partial charge on any atom is 0.321 e. The fourth-order valence-electron chi connectivity index (χ4n) is 1.01. The Hall–Kier alpha value is -0.920. The fraction of sp³-hybridized carbons (Fsp3) is 0.222. The molecule has 0 unspecified atom stereocenters. The van der Waals surface area contributed by atoms with Gasteiger partial charge in [-0.2, -0.15) is 4.72 Å². The van der Waals surface area contributed by atoms with Crippen molar-refractivity contribution in [3.8, 4) is 0 Å². The average molecular weight is 308 g/mol. The van der Waals surface area contributed by atoms with Crippen LogP contribution in [-0.4, -0.2) is 25.5 Å². The van der Waals surface area contributed by atoms with E-state index < -0.39 is 22.0 Å². The van der Waals surface area contributed by atoms with Crippen LogP contribution < -0.4 is 4.72 Å². The summed E-state index contributed by atoms with van der Waals surface area (Å²) in [4.78, 5) is 10.6. The third kappa shape index (κ3) is 3.03. The third-order valence-electron chi connectivity index (χ3n) is 1.83. The molecule has 0 aromatic heterocycles.